The van der Waals surface area contributed by atoms with Gasteiger partial charge in [0.25, 0.3) is 0 Å². The molecule has 2 N–H and O–H groups in total. The minimum Gasteiger partial charge on any atom is -1.00 e. The van der Waals surface area contributed by atoms with Gasteiger partial charge in [-0.15, -0.1) is 0 Å². The van der Waals surface area contributed by atoms with E-state index in [1.807, 2.05) is 0 Å². The fraction of sp³-hybridized carbons (Fsp3) is 0. The molecule has 0 rings (SSSR count). The zero-order chi connectivity index (χ0) is 0. The third kappa shape index (κ3) is 9.14. The first-order chi connectivity index (χ1) is 0. The summed E-state index contributed by atoms with van der Waals surface area (Å²) in [6.07, 6.45) is 0. The van der Waals surface area contributed by atoms with E-state index in [4.69, 9.17) is 0 Å². The molecular weight excluding hydrogens is 102 g/mol. The Hall–Kier alpha value is 1.84. The zero-order valence-electron chi connectivity index (χ0n) is 5.59. The molecular formula is H5LiMgMnO. The molecule has 4 heteroatoms. The maximum Gasteiger partial charge on any atom is 2.00 e. The summed E-state index contributed by atoms with van der Waals surface area (Å²) in [4.78, 5) is 0. The Labute approximate surface area is 68.5 Å². The Morgan fingerprint density at radius 2 is 1.25 bits per heavy atom. The maximum atomic E-state index is 0. The third-order valence-electron chi connectivity index (χ3n) is 0. The van der Waals surface area contributed by atoms with Gasteiger partial charge in [0.1, 0.15) is 0 Å². The smallest absolute Gasteiger partial charge is 1.00 e. The molecule has 0 atom stereocenters. The summed E-state index contributed by atoms with van der Waals surface area (Å²) in [6, 6.07) is 0. The molecule has 0 bridgehead atoms. The molecule has 0 saturated heterocycles. The van der Waals surface area contributed by atoms with E-state index in [1.54, 1.807) is 0 Å². The van der Waals surface area contributed by atoms with Crippen LogP contribution in [0.15, 0.2) is 0 Å². The summed E-state index contributed by atoms with van der Waals surface area (Å²) in [5.74, 6) is 0. The molecule has 1 nitrogen and oxygen atoms in total. The van der Waals surface area contributed by atoms with E-state index in [9.17, 15) is 0 Å². The number of hydrogen-bond acceptors (Lipinski definition) is 0. The first kappa shape index (κ1) is 40.3. The monoisotopic (exact) mass is 107 g/mol. The predicted molar refractivity (Wildman–Crippen MR) is 12.7 cm³/mol. The van der Waals surface area contributed by atoms with E-state index in [-0.39, 0.29) is 68.7 Å². The van der Waals surface area contributed by atoms with Gasteiger partial charge in [0.15, 0.2) is 0 Å². The second-order valence-corrected chi connectivity index (χ2v) is 0. The molecule has 0 fully saturated rings. The zero-order valence-corrected chi connectivity index (χ0v) is 5.18. The largest absolute Gasteiger partial charge is 2.00 e. The van der Waals surface area contributed by atoms with Crippen LogP contribution < -0.4 is 18.9 Å². The maximum absolute atomic E-state index is 0. The van der Waals surface area contributed by atoms with Crippen molar-refractivity contribution in [1.82, 2.24) is 0 Å². The first-order valence-electron chi connectivity index (χ1n) is 0. The molecule has 21 valence electrons. The van der Waals surface area contributed by atoms with Crippen molar-refractivity contribution in [2.75, 3.05) is 0 Å². The quantitative estimate of drug-likeness (QED) is 0.284. The number of hydrogen-bond donors (Lipinski definition) is 0. The third-order valence-corrected chi connectivity index (χ3v) is 0. The van der Waals surface area contributed by atoms with E-state index < -0.39 is 0 Å². The van der Waals surface area contributed by atoms with Gasteiger partial charge in [-0.05, 0) is 0 Å². The molecule has 0 heterocycles. The van der Waals surface area contributed by atoms with E-state index in [0.29, 0.717) is 0 Å². The van der Waals surface area contributed by atoms with E-state index in [1.165, 1.54) is 0 Å². The Kier molecular flexibility index (Phi) is 212. The van der Waals surface area contributed by atoms with Crippen molar-refractivity contribution in [3.63, 3.8) is 0 Å². The van der Waals surface area contributed by atoms with Gasteiger partial charge < -0.3 is 9.76 Å². The summed E-state index contributed by atoms with van der Waals surface area (Å²) < 4.78 is 0. The van der Waals surface area contributed by atoms with Crippen LogP contribution in [0.3, 0.4) is 0 Å². The summed E-state index contributed by atoms with van der Waals surface area (Å²) in [5, 5.41) is 0. The molecule has 0 aromatic carbocycles. The standard InChI is InChI=1S/Li.Mg.Mn.H2O.3H/h;;;1H2;;;/q+1;+2;;;3*-1. The second kappa shape index (κ2) is 21.1. The molecule has 0 aliphatic carbocycles. The van der Waals surface area contributed by atoms with Crippen LogP contribution in [0.25, 0.3) is 0 Å². The molecule has 0 spiro atoms. The SMILES string of the molecule is O.[H-].[H-].[H-].[Li+].[Mg+2].[Mn]. The fourth-order valence-electron chi connectivity index (χ4n) is 0. The van der Waals surface area contributed by atoms with Crippen molar-refractivity contribution in [2.45, 2.75) is 0 Å². The number of rotatable bonds is 0. The predicted octanol–water partition coefficient (Wildman–Crippen LogP) is -3.87. The Morgan fingerprint density at radius 1 is 1.25 bits per heavy atom. The summed E-state index contributed by atoms with van der Waals surface area (Å²) in [6.45, 7) is 0. The molecule has 0 saturated carbocycles. The van der Waals surface area contributed by atoms with Gasteiger partial charge >= 0.3 is 41.9 Å². The van der Waals surface area contributed by atoms with Crippen LogP contribution in [-0.2, 0) is 17.1 Å². The molecule has 0 aromatic heterocycles. The van der Waals surface area contributed by atoms with Crippen molar-refractivity contribution in [2.24, 2.45) is 0 Å². The van der Waals surface area contributed by atoms with Gasteiger partial charge in [-0.1, -0.05) is 0 Å². The van der Waals surface area contributed by atoms with Gasteiger partial charge in [0.2, 0.25) is 0 Å². The van der Waals surface area contributed by atoms with Crippen LogP contribution >= 0.6 is 0 Å². The summed E-state index contributed by atoms with van der Waals surface area (Å²) in [7, 11) is 0. The molecule has 0 aliphatic heterocycles. The minimum absolute atomic E-state index is 0. The summed E-state index contributed by atoms with van der Waals surface area (Å²) in [5.41, 5.74) is 0. The fourth-order valence-corrected chi connectivity index (χ4v) is 0. The van der Waals surface area contributed by atoms with E-state index in [2.05, 4.69) is 0 Å². The van der Waals surface area contributed by atoms with Gasteiger partial charge in [-0.25, -0.2) is 0 Å². The van der Waals surface area contributed by atoms with Crippen LogP contribution in [-0.4, -0.2) is 28.5 Å². The van der Waals surface area contributed by atoms with Crippen LogP contribution in [0.2, 0.25) is 0 Å². The second-order valence-electron chi connectivity index (χ2n) is 0. The van der Waals surface area contributed by atoms with E-state index in [0.717, 1.165) is 0 Å². The van der Waals surface area contributed by atoms with Crippen molar-refractivity contribution in [3.8, 4) is 0 Å². The first-order valence-corrected chi connectivity index (χ1v) is 0. The Morgan fingerprint density at radius 3 is 1.25 bits per heavy atom. The average Bonchev–Trinajstić information content (AvgIpc) is 0. The molecule has 0 unspecified atom stereocenters. The Balaban J connectivity index is 0. The molecule has 4 heavy (non-hydrogen) atoms. The topological polar surface area (TPSA) is 31.5 Å². The van der Waals surface area contributed by atoms with Gasteiger partial charge in [-0.3, -0.25) is 0 Å². The molecule has 1 radical (unpaired) electrons. The van der Waals surface area contributed by atoms with Gasteiger partial charge in [0, 0.05) is 17.1 Å². The van der Waals surface area contributed by atoms with Crippen molar-refractivity contribution in [3.05, 3.63) is 0 Å². The van der Waals surface area contributed by atoms with Crippen LogP contribution in [0.5, 0.6) is 0 Å². The van der Waals surface area contributed by atoms with Crippen molar-refractivity contribution >= 4 is 23.1 Å². The van der Waals surface area contributed by atoms with Gasteiger partial charge in [-0.2, -0.15) is 0 Å². The van der Waals surface area contributed by atoms with Gasteiger partial charge in [0.05, 0.1) is 0 Å². The summed E-state index contributed by atoms with van der Waals surface area (Å²) >= 11 is 0. The van der Waals surface area contributed by atoms with Crippen LogP contribution in [0, 0.1) is 0 Å². The van der Waals surface area contributed by atoms with Crippen molar-refractivity contribution in [1.29, 1.82) is 0 Å². The average molecular weight is 107 g/mol. The molecule has 0 aromatic rings. The van der Waals surface area contributed by atoms with E-state index >= 15 is 0 Å². The molecule has 0 aliphatic rings. The molecule has 0 amide bonds. The van der Waals surface area contributed by atoms with Crippen LogP contribution in [0.1, 0.15) is 4.28 Å². The Bertz CT molecular complexity index is 14.9. The van der Waals surface area contributed by atoms with Crippen LogP contribution in [0.4, 0.5) is 0 Å². The van der Waals surface area contributed by atoms with Crippen molar-refractivity contribution < 1.29 is 45.7 Å². The minimum atomic E-state index is 0. The normalized spacial score (nSPS) is 0.